The van der Waals surface area contributed by atoms with Gasteiger partial charge in [-0.15, -0.1) is 0 Å². The first-order chi connectivity index (χ1) is 8.58. The molecule has 4 nitrogen and oxygen atoms in total. The van der Waals surface area contributed by atoms with Crippen LogP contribution in [0.2, 0.25) is 0 Å². The van der Waals surface area contributed by atoms with Gasteiger partial charge in [0.2, 0.25) is 0 Å². The van der Waals surface area contributed by atoms with Crippen LogP contribution in [0.1, 0.15) is 12.5 Å². The molecule has 0 aromatic heterocycles. The third-order valence-corrected chi connectivity index (χ3v) is 2.31. The molecule has 0 spiro atoms. The second-order valence-corrected chi connectivity index (χ2v) is 3.60. The lowest BCUT2D eigenvalue weighted by Gasteiger charge is -2.20. The normalized spacial score (nSPS) is 10.2. The number of aliphatic hydroxyl groups excluding tert-OH is 1. The van der Waals surface area contributed by atoms with Crippen LogP contribution in [0.3, 0.4) is 0 Å². The lowest BCUT2D eigenvalue weighted by atomic mass is 10.2. The monoisotopic (exact) mass is 259 g/mol. The summed E-state index contributed by atoms with van der Waals surface area (Å²) in [6.45, 7) is 1.88. The molecule has 0 saturated carbocycles. The maximum atomic E-state index is 13.0. The number of rotatable bonds is 5. The fourth-order valence-corrected chi connectivity index (χ4v) is 1.39. The van der Waals surface area contributed by atoms with Gasteiger partial charge >= 0.3 is 6.09 Å². The molecule has 0 fully saturated rings. The molecule has 0 aliphatic carbocycles. The third-order valence-electron chi connectivity index (χ3n) is 2.31. The summed E-state index contributed by atoms with van der Waals surface area (Å²) in [5.41, 5.74) is 0.469. The summed E-state index contributed by atoms with van der Waals surface area (Å²) in [5.74, 6) is -1.88. The van der Waals surface area contributed by atoms with Gasteiger partial charge in [-0.1, -0.05) is 6.07 Å². The summed E-state index contributed by atoms with van der Waals surface area (Å²) in [6.07, 6.45) is -0.601. The number of amides is 1. The van der Waals surface area contributed by atoms with E-state index < -0.39 is 17.7 Å². The fourth-order valence-electron chi connectivity index (χ4n) is 1.39. The van der Waals surface area contributed by atoms with Crippen LogP contribution >= 0.6 is 0 Å². The molecule has 100 valence electrons. The number of hydrogen-bond donors (Lipinski definition) is 1. The lowest BCUT2D eigenvalue weighted by molar-refractivity contribution is 0.0836. The third kappa shape index (κ3) is 3.96. The minimum Gasteiger partial charge on any atom is -0.447 e. The van der Waals surface area contributed by atoms with Crippen molar-refractivity contribution in [1.82, 2.24) is 4.90 Å². The van der Waals surface area contributed by atoms with Crippen molar-refractivity contribution in [1.29, 1.82) is 0 Å². The van der Waals surface area contributed by atoms with Crippen LogP contribution in [0.15, 0.2) is 18.2 Å². The van der Waals surface area contributed by atoms with E-state index in [1.54, 1.807) is 6.92 Å². The Bertz CT molecular complexity index is 412. The molecule has 1 aromatic rings. The molecule has 1 rings (SSSR count). The molecule has 1 aromatic carbocycles. The standard InChI is InChI=1S/C12H15F2NO3/c1-2-15(12(17)18-6-5-16)8-9-3-4-10(13)11(14)7-9/h3-4,7,16H,2,5-6,8H2,1H3. The Balaban J connectivity index is 2.67. The number of halogens is 2. The summed E-state index contributed by atoms with van der Waals surface area (Å²) in [7, 11) is 0. The topological polar surface area (TPSA) is 49.8 Å². The molecule has 6 heteroatoms. The highest BCUT2D eigenvalue weighted by Crippen LogP contribution is 2.11. The number of carbonyl (C=O) groups excluding carboxylic acids is 1. The van der Waals surface area contributed by atoms with E-state index in [1.807, 2.05) is 0 Å². The van der Waals surface area contributed by atoms with Crippen molar-refractivity contribution >= 4 is 6.09 Å². The molecule has 0 atom stereocenters. The van der Waals surface area contributed by atoms with Gasteiger partial charge in [0.25, 0.3) is 0 Å². The second-order valence-electron chi connectivity index (χ2n) is 3.60. The highest BCUT2D eigenvalue weighted by Gasteiger charge is 2.14. The number of carbonyl (C=O) groups is 1. The molecule has 1 amide bonds. The minimum atomic E-state index is -0.952. The van der Waals surface area contributed by atoms with Crippen molar-refractivity contribution in [3.8, 4) is 0 Å². The minimum absolute atomic E-state index is 0.0902. The van der Waals surface area contributed by atoms with Crippen molar-refractivity contribution in [3.05, 3.63) is 35.4 Å². The van der Waals surface area contributed by atoms with Crippen LogP contribution in [0.5, 0.6) is 0 Å². The van der Waals surface area contributed by atoms with E-state index in [0.29, 0.717) is 12.1 Å². The molecule has 0 aliphatic heterocycles. The van der Waals surface area contributed by atoms with E-state index in [0.717, 1.165) is 12.1 Å². The summed E-state index contributed by atoms with van der Waals surface area (Å²) < 4.78 is 30.5. The van der Waals surface area contributed by atoms with Crippen LogP contribution in [0.4, 0.5) is 13.6 Å². The Kier molecular flexibility index (Phi) is 5.51. The maximum absolute atomic E-state index is 13.0. The zero-order valence-electron chi connectivity index (χ0n) is 10.0. The molecule has 0 bridgehead atoms. The van der Waals surface area contributed by atoms with Crippen LogP contribution in [0.25, 0.3) is 0 Å². The maximum Gasteiger partial charge on any atom is 0.410 e. The number of ether oxygens (including phenoxy) is 1. The van der Waals surface area contributed by atoms with Gasteiger partial charge < -0.3 is 14.7 Å². The summed E-state index contributed by atoms with van der Waals surface area (Å²) >= 11 is 0. The molecule has 0 heterocycles. The fraction of sp³-hybridized carbons (Fsp3) is 0.417. The zero-order chi connectivity index (χ0) is 13.5. The number of hydrogen-bond acceptors (Lipinski definition) is 3. The van der Waals surface area contributed by atoms with Crippen LogP contribution in [-0.2, 0) is 11.3 Å². The number of benzene rings is 1. The Morgan fingerprint density at radius 3 is 2.67 bits per heavy atom. The Hall–Kier alpha value is -1.69. The van der Waals surface area contributed by atoms with E-state index in [4.69, 9.17) is 9.84 Å². The Morgan fingerprint density at radius 1 is 1.39 bits per heavy atom. The average Bonchev–Trinajstić information content (AvgIpc) is 2.37. The first kappa shape index (κ1) is 14.4. The first-order valence-electron chi connectivity index (χ1n) is 5.55. The predicted molar refractivity (Wildman–Crippen MR) is 60.9 cm³/mol. The van der Waals surface area contributed by atoms with Gasteiger partial charge in [-0.2, -0.15) is 0 Å². The molecule has 0 unspecified atom stereocenters. The quantitative estimate of drug-likeness (QED) is 0.878. The van der Waals surface area contributed by atoms with Gasteiger partial charge in [-0.25, -0.2) is 13.6 Å². The van der Waals surface area contributed by atoms with Gasteiger partial charge in [-0.05, 0) is 24.6 Å². The molecular formula is C12H15F2NO3. The van der Waals surface area contributed by atoms with Gasteiger partial charge in [0.15, 0.2) is 11.6 Å². The number of nitrogens with zero attached hydrogens (tertiary/aromatic N) is 1. The van der Waals surface area contributed by atoms with Crippen LogP contribution in [0, 0.1) is 11.6 Å². The summed E-state index contributed by atoms with van der Waals surface area (Å²) in [4.78, 5) is 12.8. The van der Waals surface area contributed by atoms with Gasteiger partial charge in [0, 0.05) is 13.1 Å². The molecule has 18 heavy (non-hydrogen) atoms. The number of aliphatic hydroxyl groups is 1. The van der Waals surface area contributed by atoms with E-state index >= 15 is 0 Å². The molecule has 0 saturated heterocycles. The van der Waals surface area contributed by atoms with Crippen molar-refractivity contribution in [2.45, 2.75) is 13.5 Å². The summed E-state index contributed by atoms with van der Waals surface area (Å²) in [5, 5.41) is 8.54. The molecule has 1 N–H and O–H groups in total. The van der Waals surface area contributed by atoms with Crippen molar-refractivity contribution < 1.29 is 23.4 Å². The van der Waals surface area contributed by atoms with E-state index in [-0.39, 0.29) is 19.8 Å². The van der Waals surface area contributed by atoms with Gasteiger partial charge in [0.05, 0.1) is 6.61 Å². The van der Waals surface area contributed by atoms with E-state index in [2.05, 4.69) is 0 Å². The van der Waals surface area contributed by atoms with Crippen molar-refractivity contribution in [2.75, 3.05) is 19.8 Å². The predicted octanol–water partition coefficient (Wildman–Crippen LogP) is 1.92. The SMILES string of the molecule is CCN(Cc1ccc(F)c(F)c1)C(=O)OCCO. The van der Waals surface area contributed by atoms with Crippen molar-refractivity contribution in [3.63, 3.8) is 0 Å². The highest BCUT2D eigenvalue weighted by molar-refractivity contribution is 5.67. The van der Waals surface area contributed by atoms with Crippen LogP contribution < -0.4 is 0 Å². The first-order valence-corrected chi connectivity index (χ1v) is 5.55. The van der Waals surface area contributed by atoms with Crippen molar-refractivity contribution in [2.24, 2.45) is 0 Å². The molecule has 0 aliphatic rings. The summed E-state index contributed by atoms with van der Waals surface area (Å²) in [6, 6.07) is 3.45. The Labute approximate surface area is 104 Å². The van der Waals surface area contributed by atoms with Gasteiger partial charge in [-0.3, -0.25) is 0 Å². The Morgan fingerprint density at radius 2 is 2.11 bits per heavy atom. The highest BCUT2D eigenvalue weighted by atomic mass is 19.2. The molecule has 0 radical (unpaired) electrons. The van der Waals surface area contributed by atoms with Crippen LogP contribution in [-0.4, -0.2) is 35.9 Å². The van der Waals surface area contributed by atoms with Gasteiger partial charge in [0.1, 0.15) is 6.61 Å². The molecular weight excluding hydrogens is 244 g/mol. The van der Waals surface area contributed by atoms with E-state index in [9.17, 15) is 13.6 Å². The lowest BCUT2D eigenvalue weighted by Crippen LogP contribution is -2.31. The largest absolute Gasteiger partial charge is 0.447 e. The second kappa shape index (κ2) is 6.90. The zero-order valence-corrected chi connectivity index (χ0v) is 10.0. The smallest absolute Gasteiger partial charge is 0.410 e. The van der Waals surface area contributed by atoms with E-state index in [1.165, 1.54) is 11.0 Å². The average molecular weight is 259 g/mol.